The van der Waals surface area contributed by atoms with Gasteiger partial charge in [0.15, 0.2) is 11.5 Å². The van der Waals surface area contributed by atoms with Gasteiger partial charge >= 0.3 is 0 Å². The molecule has 0 radical (unpaired) electrons. The van der Waals surface area contributed by atoms with Gasteiger partial charge in [-0.15, -0.1) is 0 Å². The van der Waals surface area contributed by atoms with Gasteiger partial charge in [-0.25, -0.2) is 5.84 Å². The zero-order valence-corrected chi connectivity index (χ0v) is 11.5. The fraction of sp³-hybridized carbons (Fsp3) is 0.357. The summed E-state index contributed by atoms with van der Waals surface area (Å²) in [5.41, 5.74) is 2.87. The molecule has 0 unspecified atom stereocenters. The highest BCUT2D eigenvalue weighted by Crippen LogP contribution is 2.29. The molecule has 19 heavy (non-hydrogen) atoms. The normalized spacial score (nSPS) is 10.8. The number of rotatable bonds is 6. The summed E-state index contributed by atoms with van der Waals surface area (Å²) in [6.07, 6.45) is 3.08. The monoisotopic (exact) mass is 264 g/mol. The van der Waals surface area contributed by atoms with E-state index in [0.29, 0.717) is 18.1 Å². The second-order valence-corrected chi connectivity index (χ2v) is 4.15. The number of nitrogens with one attached hydrogen (secondary N) is 1. The second kappa shape index (κ2) is 7.43. The molecule has 104 valence electrons. The third-order valence-electron chi connectivity index (χ3n) is 2.20. The highest BCUT2D eigenvalue weighted by molar-refractivity contribution is 5.91. The number of hydrazine groups is 1. The molecule has 0 atom stereocenters. The molecular formula is C14H20N2O3. The zero-order valence-electron chi connectivity index (χ0n) is 11.5. The van der Waals surface area contributed by atoms with Gasteiger partial charge < -0.3 is 9.47 Å². The number of nitrogens with two attached hydrogens (primary N) is 1. The molecule has 1 aromatic rings. The van der Waals surface area contributed by atoms with Crippen molar-refractivity contribution in [1.82, 2.24) is 5.43 Å². The third-order valence-corrected chi connectivity index (χ3v) is 2.20. The van der Waals surface area contributed by atoms with Crippen molar-refractivity contribution in [3.63, 3.8) is 0 Å². The van der Waals surface area contributed by atoms with E-state index in [1.165, 1.54) is 6.08 Å². The van der Waals surface area contributed by atoms with Crippen molar-refractivity contribution < 1.29 is 14.3 Å². The third kappa shape index (κ3) is 5.01. The molecule has 0 heterocycles. The largest absolute Gasteiger partial charge is 0.490 e. The summed E-state index contributed by atoms with van der Waals surface area (Å²) in [7, 11) is 0. The van der Waals surface area contributed by atoms with Crippen LogP contribution in [0.3, 0.4) is 0 Å². The maximum absolute atomic E-state index is 11.0. The molecule has 0 fully saturated rings. The van der Waals surface area contributed by atoms with Gasteiger partial charge in [-0.1, -0.05) is 6.07 Å². The Morgan fingerprint density at radius 2 is 2.16 bits per heavy atom. The van der Waals surface area contributed by atoms with E-state index < -0.39 is 0 Å². The zero-order chi connectivity index (χ0) is 14.3. The summed E-state index contributed by atoms with van der Waals surface area (Å²) >= 11 is 0. The van der Waals surface area contributed by atoms with Gasteiger partial charge in [0, 0.05) is 6.08 Å². The van der Waals surface area contributed by atoms with E-state index in [9.17, 15) is 4.79 Å². The quantitative estimate of drug-likeness (QED) is 0.356. The molecule has 1 amide bonds. The van der Waals surface area contributed by atoms with E-state index >= 15 is 0 Å². The van der Waals surface area contributed by atoms with Crippen LogP contribution in [-0.2, 0) is 4.79 Å². The second-order valence-electron chi connectivity index (χ2n) is 4.15. The van der Waals surface area contributed by atoms with Crippen LogP contribution in [0.15, 0.2) is 24.3 Å². The molecule has 0 aromatic heterocycles. The van der Waals surface area contributed by atoms with E-state index in [1.807, 2.05) is 44.4 Å². The van der Waals surface area contributed by atoms with Gasteiger partial charge in [-0.2, -0.15) is 0 Å². The first kappa shape index (κ1) is 15.0. The summed E-state index contributed by atoms with van der Waals surface area (Å²) in [4.78, 5) is 11.0. The van der Waals surface area contributed by atoms with Gasteiger partial charge in [0.1, 0.15) is 0 Å². The molecule has 1 aromatic carbocycles. The van der Waals surface area contributed by atoms with Crippen LogP contribution in [0.25, 0.3) is 6.08 Å². The van der Waals surface area contributed by atoms with Crippen molar-refractivity contribution in [2.45, 2.75) is 26.9 Å². The van der Waals surface area contributed by atoms with Crippen LogP contribution < -0.4 is 20.7 Å². The van der Waals surface area contributed by atoms with E-state index in [4.69, 9.17) is 15.3 Å². The minimum atomic E-state index is -0.361. The Morgan fingerprint density at radius 1 is 1.42 bits per heavy atom. The fourth-order valence-corrected chi connectivity index (χ4v) is 1.47. The summed E-state index contributed by atoms with van der Waals surface area (Å²) < 4.78 is 11.2. The summed E-state index contributed by atoms with van der Waals surface area (Å²) in [5, 5.41) is 0. The number of carbonyl (C=O) groups is 1. The predicted octanol–water partition coefficient (Wildman–Crippen LogP) is 1.88. The first-order valence-corrected chi connectivity index (χ1v) is 6.19. The standard InChI is InChI=1S/C14H20N2O3/c1-4-18-13-9-11(6-8-14(17)16-15)5-7-12(13)19-10(2)3/h5-10H,4,15H2,1-3H3,(H,16,17)/b8-6+. The van der Waals surface area contributed by atoms with Crippen molar-refractivity contribution in [2.24, 2.45) is 5.84 Å². The van der Waals surface area contributed by atoms with Crippen molar-refractivity contribution in [1.29, 1.82) is 0 Å². The molecule has 0 aliphatic rings. The van der Waals surface area contributed by atoms with Gasteiger partial charge in [-0.3, -0.25) is 10.2 Å². The molecule has 3 N–H and O–H groups in total. The SMILES string of the molecule is CCOc1cc(/C=C/C(=O)NN)ccc1OC(C)C. The Labute approximate surface area is 113 Å². The summed E-state index contributed by atoms with van der Waals surface area (Å²) in [6, 6.07) is 5.49. The van der Waals surface area contributed by atoms with Crippen LogP contribution in [0.1, 0.15) is 26.3 Å². The van der Waals surface area contributed by atoms with Crippen LogP contribution in [0.5, 0.6) is 11.5 Å². The average molecular weight is 264 g/mol. The first-order valence-electron chi connectivity index (χ1n) is 6.19. The smallest absolute Gasteiger partial charge is 0.257 e. The molecule has 0 aliphatic heterocycles. The van der Waals surface area contributed by atoms with Crippen molar-refractivity contribution in [3.8, 4) is 11.5 Å². The lowest BCUT2D eigenvalue weighted by Crippen LogP contribution is -2.27. The topological polar surface area (TPSA) is 73.6 Å². The lowest BCUT2D eigenvalue weighted by atomic mass is 10.2. The Bertz CT molecular complexity index is 456. The van der Waals surface area contributed by atoms with Crippen LogP contribution in [0.4, 0.5) is 0 Å². The van der Waals surface area contributed by atoms with Crippen LogP contribution in [-0.4, -0.2) is 18.6 Å². The number of amides is 1. The van der Waals surface area contributed by atoms with E-state index in [-0.39, 0.29) is 12.0 Å². The Morgan fingerprint density at radius 3 is 2.74 bits per heavy atom. The van der Waals surface area contributed by atoms with E-state index in [2.05, 4.69) is 0 Å². The maximum atomic E-state index is 11.0. The molecule has 5 nitrogen and oxygen atoms in total. The van der Waals surface area contributed by atoms with Crippen molar-refractivity contribution in [2.75, 3.05) is 6.61 Å². The molecule has 0 spiro atoms. The maximum Gasteiger partial charge on any atom is 0.257 e. The molecule has 0 bridgehead atoms. The number of hydrogen-bond acceptors (Lipinski definition) is 4. The molecular weight excluding hydrogens is 244 g/mol. The lowest BCUT2D eigenvalue weighted by Gasteiger charge is -2.14. The molecule has 0 saturated carbocycles. The van der Waals surface area contributed by atoms with E-state index in [0.717, 1.165) is 5.56 Å². The minimum absolute atomic E-state index is 0.0728. The molecule has 0 saturated heterocycles. The van der Waals surface area contributed by atoms with Gasteiger partial charge in [0.2, 0.25) is 0 Å². The van der Waals surface area contributed by atoms with Crippen molar-refractivity contribution in [3.05, 3.63) is 29.8 Å². The summed E-state index contributed by atoms with van der Waals surface area (Å²) in [6.45, 7) is 6.36. The van der Waals surface area contributed by atoms with E-state index in [1.54, 1.807) is 6.08 Å². The predicted molar refractivity (Wildman–Crippen MR) is 74.7 cm³/mol. The Balaban J connectivity index is 2.94. The minimum Gasteiger partial charge on any atom is -0.490 e. The number of benzene rings is 1. The number of carbonyl (C=O) groups excluding carboxylic acids is 1. The van der Waals surface area contributed by atoms with Gasteiger partial charge in [0.05, 0.1) is 12.7 Å². The molecule has 1 rings (SSSR count). The van der Waals surface area contributed by atoms with Crippen LogP contribution >= 0.6 is 0 Å². The molecule has 5 heteroatoms. The average Bonchev–Trinajstić information content (AvgIpc) is 2.38. The van der Waals surface area contributed by atoms with Crippen LogP contribution in [0, 0.1) is 0 Å². The van der Waals surface area contributed by atoms with Gasteiger partial charge in [-0.05, 0) is 44.5 Å². The Kier molecular flexibility index (Phi) is 5.89. The molecule has 0 aliphatic carbocycles. The van der Waals surface area contributed by atoms with Gasteiger partial charge in [0.25, 0.3) is 5.91 Å². The highest BCUT2D eigenvalue weighted by atomic mass is 16.5. The Hall–Kier alpha value is -2.01. The number of ether oxygens (including phenoxy) is 2. The first-order chi connectivity index (χ1) is 9.06. The highest BCUT2D eigenvalue weighted by Gasteiger charge is 2.07. The van der Waals surface area contributed by atoms with Crippen molar-refractivity contribution >= 4 is 12.0 Å². The lowest BCUT2D eigenvalue weighted by molar-refractivity contribution is -0.116. The fourth-order valence-electron chi connectivity index (χ4n) is 1.47. The summed E-state index contributed by atoms with van der Waals surface area (Å²) in [5.74, 6) is 5.99. The van der Waals surface area contributed by atoms with Crippen LogP contribution in [0.2, 0.25) is 0 Å². The number of hydrogen-bond donors (Lipinski definition) is 2.